The van der Waals surface area contributed by atoms with Crippen LogP contribution in [-0.4, -0.2) is 27.6 Å². The smallest absolute Gasteiger partial charge is 0.251 e. The molecule has 6 heteroatoms. The van der Waals surface area contributed by atoms with Gasteiger partial charge in [0, 0.05) is 36.5 Å². The van der Waals surface area contributed by atoms with Gasteiger partial charge in [-0.05, 0) is 35.4 Å². The van der Waals surface area contributed by atoms with E-state index in [1.807, 2.05) is 54.6 Å². The maximum atomic E-state index is 12.3. The lowest BCUT2D eigenvalue weighted by molar-refractivity contribution is 0.0953. The first-order chi connectivity index (χ1) is 13.8. The van der Waals surface area contributed by atoms with Crippen molar-refractivity contribution in [2.45, 2.75) is 6.42 Å². The highest BCUT2D eigenvalue weighted by atomic mass is 16.4. The fourth-order valence-corrected chi connectivity index (χ4v) is 2.80. The van der Waals surface area contributed by atoms with Gasteiger partial charge >= 0.3 is 0 Å². The van der Waals surface area contributed by atoms with Gasteiger partial charge < -0.3 is 9.73 Å². The van der Waals surface area contributed by atoms with Crippen molar-refractivity contribution in [1.29, 1.82) is 0 Å². The largest absolute Gasteiger partial charge is 0.421 e. The van der Waals surface area contributed by atoms with E-state index in [9.17, 15) is 4.79 Å². The number of nitrogens with one attached hydrogen (secondary N) is 1. The Morgan fingerprint density at radius 3 is 2.29 bits per heavy atom. The SMILES string of the molecule is O=C(NCCc1nnc(-c2ccncc2)o1)c1ccc(-c2ccccc2)cc1. The van der Waals surface area contributed by atoms with Crippen molar-refractivity contribution in [3.05, 3.63) is 90.6 Å². The zero-order valence-corrected chi connectivity index (χ0v) is 15.1. The van der Waals surface area contributed by atoms with Gasteiger partial charge in [-0.15, -0.1) is 10.2 Å². The average molecular weight is 370 g/mol. The predicted octanol–water partition coefficient (Wildman–Crippen LogP) is 3.77. The topological polar surface area (TPSA) is 80.9 Å². The van der Waals surface area contributed by atoms with Crippen molar-refractivity contribution >= 4 is 5.91 Å². The van der Waals surface area contributed by atoms with Gasteiger partial charge in [0.2, 0.25) is 11.8 Å². The minimum atomic E-state index is -0.131. The van der Waals surface area contributed by atoms with E-state index in [-0.39, 0.29) is 5.91 Å². The molecule has 0 radical (unpaired) electrons. The minimum Gasteiger partial charge on any atom is -0.421 e. The molecule has 0 spiro atoms. The third-order valence-electron chi connectivity index (χ3n) is 4.27. The van der Waals surface area contributed by atoms with Crippen LogP contribution >= 0.6 is 0 Å². The third-order valence-corrected chi connectivity index (χ3v) is 4.27. The van der Waals surface area contributed by atoms with E-state index in [0.717, 1.165) is 16.7 Å². The molecule has 2 heterocycles. The van der Waals surface area contributed by atoms with Gasteiger partial charge in [0.1, 0.15) is 0 Å². The first-order valence-corrected chi connectivity index (χ1v) is 8.96. The monoisotopic (exact) mass is 370 g/mol. The molecule has 2 aromatic heterocycles. The molecule has 6 nitrogen and oxygen atoms in total. The maximum Gasteiger partial charge on any atom is 0.251 e. The van der Waals surface area contributed by atoms with E-state index in [2.05, 4.69) is 20.5 Å². The molecule has 0 aliphatic carbocycles. The second kappa shape index (κ2) is 8.26. The molecule has 0 aliphatic rings. The number of benzene rings is 2. The fourth-order valence-electron chi connectivity index (χ4n) is 2.80. The van der Waals surface area contributed by atoms with Gasteiger partial charge in [-0.1, -0.05) is 42.5 Å². The van der Waals surface area contributed by atoms with Crippen molar-refractivity contribution in [1.82, 2.24) is 20.5 Å². The zero-order valence-electron chi connectivity index (χ0n) is 15.1. The Labute approximate surface area is 162 Å². The summed E-state index contributed by atoms with van der Waals surface area (Å²) in [5, 5.41) is 10.9. The molecule has 138 valence electrons. The molecule has 4 aromatic rings. The Morgan fingerprint density at radius 2 is 1.54 bits per heavy atom. The molecule has 0 unspecified atom stereocenters. The highest BCUT2D eigenvalue weighted by Gasteiger charge is 2.10. The quantitative estimate of drug-likeness (QED) is 0.559. The van der Waals surface area contributed by atoms with Crippen LogP contribution in [0.3, 0.4) is 0 Å². The van der Waals surface area contributed by atoms with Crippen LogP contribution in [0.15, 0.2) is 83.5 Å². The highest BCUT2D eigenvalue weighted by Crippen LogP contribution is 2.19. The molecule has 1 N–H and O–H groups in total. The zero-order chi connectivity index (χ0) is 19.2. The number of nitrogens with zero attached hydrogens (tertiary/aromatic N) is 3. The van der Waals surface area contributed by atoms with E-state index in [1.165, 1.54) is 0 Å². The number of pyridine rings is 1. The number of carbonyl (C=O) groups excluding carboxylic acids is 1. The van der Waals surface area contributed by atoms with Crippen LogP contribution in [0.2, 0.25) is 0 Å². The number of hydrogen-bond acceptors (Lipinski definition) is 5. The third kappa shape index (κ3) is 4.12. The highest BCUT2D eigenvalue weighted by molar-refractivity contribution is 5.94. The van der Waals surface area contributed by atoms with E-state index >= 15 is 0 Å². The van der Waals surface area contributed by atoms with Crippen LogP contribution in [0.4, 0.5) is 0 Å². The van der Waals surface area contributed by atoms with E-state index in [1.54, 1.807) is 24.5 Å². The lowest BCUT2D eigenvalue weighted by atomic mass is 10.0. The van der Waals surface area contributed by atoms with Crippen molar-refractivity contribution in [2.24, 2.45) is 0 Å². The normalized spacial score (nSPS) is 10.6. The number of aromatic nitrogens is 3. The van der Waals surface area contributed by atoms with Crippen LogP contribution in [0.1, 0.15) is 16.2 Å². The summed E-state index contributed by atoms with van der Waals surface area (Å²) in [5.74, 6) is 0.792. The van der Waals surface area contributed by atoms with Crippen molar-refractivity contribution in [3.8, 4) is 22.6 Å². The fraction of sp³-hybridized carbons (Fsp3) is 0.0909. The molecule has 1 amide bonds. The summed E-state index contributed by atoms with van der Waals surface area (Å²) >= 11 is 0. The molecule has 0 bridgehead atoms. The van der Waals surface area contributed by atoms with Crippen molar-refractivity contribution in [3.63, 3.8) is 0 Å². The summed E-state index contributed by atoms with van der Waals surface area (Å²) in [6.07, 6.45) is 3.80. The Morgan fingerprint density at radius 1 is 0.821 bits per heavy atom. The molecular formula is C22H18N4O2. The molecule has 0 fully saturated rings. The standard InChI is InChI=1S/C22H18N4O2/c27-21(18-8-6-17(7-9-18)16-4-2-1-3-5-16)24-15-12-20-25-26-22(28-20)19-10-13-23-14-11-19/h1-11,13-14H,12,15H2,(H,24,27). The second-order valence-corrected chi connectivity index (χ2v) is 6.19. The molecule has 0 saturated carbocycles. The Hall–Kier alpha value is -3.80. The molecule has 0 aliphatic heterocycles. The molecule has 28 heavy (non-hydrogen) atoms. The minimum absolute atomic E-state index is 0.131. The molecule has 0 saturated heterocycles. The first-order valence-electron chi connectivity index (χ1n) is 8.96. The average Bonchev–Trinajstić information content (AvgIpc) is 3.24. The van der Waals surface area contributed by atoms with E-state index in [0.29, 0.717) is 30.3 Å². The van der Waals surface area contributed by atoms with Crippen LogP contribution in [0, 0.1) is 0 Å². The molecule has 4 rings (SSSR count). The molecule has 2 aromatic carbocycles. The van der Waals surface area contributed by atoms with E-state index < -0.39 is 0 Å². The molecule has 0 atom stereocenters. The summed E-state index contributed by atoms with van der Waals surface area (Å²) in [4.78, 5) is 16.3. The lowest BCUT2D eigenvalue weighted by Gasteiger charge is -2.05. The lowest BCUT2D eigenvalue weighted by Crippen LogP contribution is -2.25. The van der Waals surface area contributed by atoms with Crippen molar-refractivity contribution in [2.75, 3.05) is 6.54 Å². The van der Waals surface area contributed by atoms with Crippen LogP contribution < -0.4 is 5.32 Å². The summed E-state index contributed by atoms with van der Waals surface area (Å²) in [6.45, 7) is 0.414. The second-order valence-electron chi connectivity index (χ2n) is 6.19. The van der Waals surface area contributed by atoms with Crippen LogP contribution in [-0.2, 0) is 6.42 Å². The van der Waals surface area contributed by atoms with Gasteiger partial charge in [-0.25, -0.2) is 0 Å². The van der Waals surface area contributed by atoms with Gasteiger partial charge in [-0.2, -0.15) is 0 Å². The predicted molar refractivity (Wildman–Crippen MR) is 105 cm³/mol. The Bertz CT molecular complexity index is 1040. The van der Waals surface area contributed by atoms with Crippen LogP contribution in [0.25, 0.3) is 22.6 Å². The van der Waals surface area contributed by atoms with Crippen molar-refractivity contribution < 1.29 is 9.21 Å². The van der Waals surface area contributed by atoms with Gasteiger partial charge in [-0.3, -0.25) is 9.78 Å². The Kier molecular flexibility index (Phi) is 5.20. The summed E-state index contributed by atoms with van der Waals surface area (Å²) in [5.41, 5.74) is 3.63. The van der Waals surface area contributed by atoms with Gasteiger partial charge in [0.05, 0.1) is 0 Å². The number of carbonyl (C=O) groups is 1. The summed E-state index contributed by atoms with van der Waals surface area (Å²) in [7, 11) is 0. The number of amides is 1. The number of hydrogen-bond donors (Lipinski definition) is 1. The number of rotatable bonds is 6. The van der Waals surface area contributed by atoms with Crippen LogP contribution in [0.5, 0.6) is 0 Å². The summed E-state index contributed by atoms with van der Waals surface area (Å²) in [6, 6.07) is 21.2. The first kappa shape index (κ1) is 17.6. The van der Waals surface area contributed by atoms with Gasteiger partial charge in [0.25, 0.3) is 5.91 Å². The summed E-state index contributed by atoms with van der Waals surface area (Å²) < 4.78 is 5.62. The maximum absolute atomic E-state index is 12.3. The molecular weight excluding hydrogens is 352 g/mol. The van der Waals surface area contributed by atoms with Gasteiger partial charge in [0.15, 0.2) is 0 Å². The van der Waals surface area contributed by atoms with E-state index in [4.69, 9.17) is 4.42 Å². The Balaban J connectivity index is 1.32.